The van der Waals surface area contributed by atoms with Crippen LogP contribution in [0.4, 0.5) is 10.5 Å². The van der Waals surface area contributed by atoms with Crippen LogP contribution >= 0.6 is 11.8 Å². The van der Waals surface area contributed by atoms with Gasteiger partial charge in [0.25, 0.3) is 5.91 Å². The Morgan fingerprint density at radius 2 is 1.86 bits per heavy atom. The summed E-state index contributed by atoms with van der Waals surface area (Å²) in [5.41, 5.74) is 0.229. The Balaban J connectivity index is 1.40. The maximum absolute atomic E-state index is 13.5. The number of nitrogens with one attached hydrogen (secondary N) is 1. The molecule has 2 atom stereocenters. The van der Waals surface area contributed by atoms with Crippen LogP contribution in [0.5, 0.6) is 5.75 Å². The van der Waals surface area contributed by atoms with E-state index in [9.17, 15) is 14.4 Å². The lowest BCUT2D eigenvalue weighted by Gasteiger charge is -2.25. The van der Waals surface area contributed by atoms with Crippen molar-refractivity contribution in [3.63, 3.8) is 0 Å². The Hall–Kier alpha value is -3.52. The average molecular weight is 490 g/mol. The van der Waals surface area contributed by atoms with E-state index in [4.69, 9.17) is 4.74 Å². The van der Waals surface area contributed by atoms with Crippen LogP contribution in [0.3, 0.4) is 0 Å². The number of anilines is 1. The summed E-state index contributed by atoms with van der Waals surface area (Å²) in [5, 5.41) is 5.07. The number of rotatable bonds is 4. The van der Waals surface area contributed by atoms with Gasteiger partial charge in [0.05, 0.1) is 12.8 Å². The minimum atomic E-state index is -1.26. The molecule has 3 aromatic rings. The van der Waals surface area contributed by atoms with E-state index in [1.807, 2.05) is 60.7 Å². The van der Waals surface area contributed by atoms with Crippen LogP contribution in [0.2, 0.25) is 0 Å². The van der Waals surface area contributed by atoms with Gasteiger partial charge in [-0.3, -0.25) is 14.5 Å². The van der Waals surface area contributed by atoms with E-state index in [1.54, 1.807) is 30.7 Å². The van der Waals surface area contributed by atoms with Crippen molar-refractivity contribution in [2.45, 2.75) is 36.0 Å². The molecule has 0 unspecified atom stereocenters. The molecule has 1 N–H and O–H groups in total. The van der Waals surface area contributed by atoms with Crippen LogP contribution in [0.1, 0.15) is 25.8 Å². The molecule has 0 saturated carbocycles. The molecule has 1 saturated heterocycles. The Morgan fingerprint density at radius 1 is 1.11 bits per heavy atom. The standard InChI is InChI=1S/C27H27N3O4S/c1-17-12-13-29(22-6-4-5-7-23(22)35-17)24(31)16-30-25(32)27(2,28-26(30)33)20-10-8-19-15-21(34-3)11-9-18(19)14-20/h4-11,14-15,17H,12-13,16H2,1-3H3,(H,28,33)/t17-,27-/m1/s1. The summed E-state index contributed by atoms with van der Waals surface area (Å²) in [6.45, 7) is 4.05. The molecule has 5 rings (SSSR count). The molecular weight excluding hydrogens is 462 g/mol. The highest BCUT2D eigenvalue weighted by Gasteiger charge is 2.50. The predicted molar refractivity (Wildman–Crippen MR) is 137 cm³/mol. The van der Waals surface area contributed by atoms with E-state index in [1.165, 1.54) is 0 Å². The fraction of sp³-hybridized carbons (Fsp3) is 0.296. The van der Waals surface area contributed by atoms with Crippen molar-refractivity contribution in [2.24, 2.45) is 0 Å². The second-order valence-electron chi connectivity index (χ2n) is 9.10. The number of amides is 4. The topological polar surface area (TPSA) is 79.0 Å². The van der Waals surface area contributed by atoms with Gasteiger partial charge in [-0.15, -0.1) is 11.8 Å². The Labute approximate surface area is 208 Å². The molecule has 0 radical (unpaired) electrons. The van der Waals surface area contributed by atoms with Gasteiger partial charge in [-0.25, -0.2) is 4.79 Å². The molecular formula is C27H27N3O4S. The van der Waals surface area contributed by atoms with E-state index >= 15 is 0 Å². The number of thioether (sulfide) groups is 1. The van der Waals surface area contributed by atoms with Crippen LogP contribution in [0, 0.1) is 0 Å². The first-order chi connectivity index (χ1) is 16.8. The number of para-hydroxylation sites is 1. The first-order valence-electron chi connectivity index (χ1n) is 11.6. The predicted octanol–water partition coefficient (Wildman–Crippen LogP) is 4.53. The number of carbonyl (C=O) groups excluding carboxylic acids is 3. The number of methoxy groups -OCH3 is 1. The summed E-state index contributed by atoms with van der Waals surface area (Å²) in [5.74, 6) is 0.0364. The van der Waals surface area contributed by atoms with Crippen LogP contribution in [0.25, 0.3) is 10.8 Å². The third-order valence-electron chi connectivity index (χ3n) is 6.74. The number of nitrogens with zero attached hydrogens (tertiary/aromatic N) is 2. The maximum Gasteiger partial charge on any atom is 0.325 e. The van der Waals surface area contributed by atoms with Crippen molar-refractivity contribution in [1.82, 2.24) is 10.2 Å². The number of urea groups is 1. The molecule has 8 heteroatoms. The molecule has 0 spiro atoms. The van der Waals surface area contributed by atoms with E-state index in [0.29, 0.717) is 17.4 Å². The minimum Gasteiger partial charge on any atom is -0.497 e. The van der Waals surface area contributed by atoms with Gasteiger partial charge < -0.3 is 15.0 Å². The quantitative estimate of drug-likeness (QED) is 0.545. The number of fused-ring (bicyclic) bond motifs is 2. The fourth-order valence-corrected chi connectivity index (χ4v) is 5.78. The molecule has 35 heavy (non-hydrogen) atoms. The first kappa shape index (κ1) is 23.2. The molecule has 2 aliphatic heterocycles. The molecule has 0 aromatic heterocycles. The number of benzene rings is 3. The number of ether oxygens (including phenoxy) is 1. The maximum atomic E-state index is 13.5. The van der Waals surface area contributed by atoms with Crippen LogP contribution in [-0.4, -0.2) is 48.2 Å². The molecule has 3 aromatic carbocycles. The third-order valence-corrected chi connectivity index (χ3v) is 7.97. The fourth-order valence-electron chi connectivity index (χ4n) is 4.66. The highest BCUT2D eigenvalue weighted by molar-refractivity contribution is 8.00. The van der Waals surface area contributed by atoms with E-state index in [0.717, 1.165) is 38.4 Å². The number of carbonyl (C=O) groups is 3. The summed E-state index contributed by atoms with van der Waals surface area (Å²) in [6.07, 6.45) is 0.824. The highest BCUT2D eigenvalue weighted by atomic mass is 32.2. The zero-order valence-electron chi connectivity index (χ0n) is 19.9. The molecule has 0 aliphatic carbocycles. The summed E-state index contributed by atoms with van der Waals surface area (Å²) < 4.78 is 5.28. The molecule has 180 valence electrons. The molecule has 2 heterocycles. The third kappa shape index (κ3) is 4.12. The Morgan fingerprint density at radius 3 is 2.66 bits per heavy atom. The Bertz CT molecular complexity index is 1340. The molecule has 0 bridgehead atoms. The first-order valence-corrected chi connectivity index (χ1v) is 12.5. The number of hydrogen-bond acceptors (Lipinski definition) is 5. The van der Waals surface area contributed by atoms with Crippen LogP contribution in [-0.2, 0) is 15.1 Å². The minimum absolute atomic E-state index is 0.273. The van der Waals surface area contributed by atoms with Gasteiger partial charge in [-0.2, -0.15) is 0 Å². The highest BCUT2D eigenvalue weighted by Crippen LogP contribution is 2.38. The molecule has 4 amide bonds. The van der Waals surface area contributed by atoms with Gasteiger partial charge in [0.1, 0.15) is 17.8 Å². The Kier molecular flexibility index (Phi) is 5.92. The van der Waals surface area contributed by atoms with Gasteiger partial charge >= 0.3 is 6.03 Å². The van der Waals surface area contributed by atoms with Gasteiger partial charge in [-0.1, -0.05) is 37.3 Å². The van der Waals surface area contributed by atoms with Crippen molar-refractivity contribution < 1.29 is 19.1 Å². The van der Waals surface area contributed by atoms with Gasteiger partial charge in [-0.05, 0) is 60.0 Å². The molecule has 2 aliphatic rings. The van der Waals surface area contributed by atoms with Gasteiger partial charge in [0.2, 0.25) is 5.91 Å². The number of hydrogen-bond donors (Lipinski definition) is 1. The van der Waals surface area contributed by atoms with Gasteiger partial charge in [0, 0.05) is 16.7 Å². The lowest BCUT2D eigenvalue weighted by molar-refractivity contribution is -0.134. The monoisotopic (exact) mass is 489 g/mol. The second kappa shape index (κ2) is 8.92. The lowest BCUT2D eigenvalue weighted by atomic mass is 9.90. The zero-order chi connectivity index (χ0) is 24.7. The van der Waals surface area contributed by atoms with E-state index < -0.39 is 17.5 Å². The van der Waals surface area contributed by atoms with Crippen molar-refractivity contribution in [2.75, 3.05) is 25.1 Å². The normalized spacial score (nSPS) is 22.1. The van der Waals surface area contributed by atoms with Crippen molar-refractivity contribution >= 4 is 46.1 Å². The summed E-state index contributed by atoms with van der Waals surface area (Å²) in [4.78, 5) is 43.6. The SMILES string of the molecule is COc1ccc2cc([C@@]3(C)NC(=O)N(CC(=O)N4CC[C@@H](C)Sc5ccccc54)C3=O)ccc2c1. The summed E-state index contributed by atoms with van der Waals surface area (Å²) >= 11 is 1.74. The van der Waals surface area contributed by atoms with Gasteiger partial charge in [0.15, 0.2) is 0 Å². The van der Waals surface area contributed by atoms with Crippen LogP contribution < -0.4 is 15.0 Å². The summed E-state index contributed by atoms with van der Waals surface area (Å²) in [7, 11) is 1.61. The largest absolute Gasteiger partial charge is 0.497 e. The average Bonchev–Trinajstić information content (AvgIpc) is 2.98. The molecule has 1 fully saturated rings. The zero-order valence-corrected chi connectivity index (χ0v) is 20.7. The molecule has 7 nitrogen and oxygen atoms in total. The number of imide groups is 1. The van der Waals surface area contributed by atoms with Crippen molar-refractivity contribution in [3.8, 4) is 5.75 Å². The van der Waals surface area contributed by atoms with Crippen LogP contribution in [0.15, 0.2) is 65.6 Å². The van der Waals surface area contributed by atoms with E-state index in [-0.39, 0.29) is 12.5 Å². The smallest absolute Gasteiger partial charge is 0.325 e. The second-order valence-corrected chi connectivity index (χ2v) is 10.6. The van der Waals surface area contributed by atoms with Crippen molar-refractivity contribution in [3.05, 3.63) is 66.2 Å². The summed E-state index contributed by atoms with van der Waals surface area (Å²) in [6, 6.07) is 18.5. The van der Waals surface area contributed by atoms with E-state index in [2.05, 4.69) is 12.2 Å². The lowest BCUT2D eigenvalue weighted by Crippen LogP contribution is -2.45. The van der Waals surface area contributed by atoms with Crippen molar-refractivity contribution in [1.29, 1.82) is 0 Å².